The van der Waals surface area contributed by atoms with E-state index in [0.717, 1.165) is 30.5 Å². The van der Waals surface area contributed by atoms with Gasteiger partial charge in [-0.05, 0) is 43.5 Å². The first kappa shape index (κ1) is 11.5. The normalized spacial score (nSPS) is 11.2. The number of hydrogen-bond acceptors (Lipinski definition) is 2. The van der Waals surface area contributed by atoms with Crippen molar-refractivity contribution in [1.29, 1.82) is 0 Å². The number of methoxy groups -OCH3 is 1. The third kappa shape index (κ3) is 3.98. The van der Waals surface area contributed by atoms with Gasteiger partial charge >= 0.3 is 0 Å². The molecule has 0 saturated heterocycles. The van der Waals surface area contributed by atoms with Gasteiger partial charge in [0.25, 0.3) is 0 Å². The van der Waals surface area contributed by atoms with Gasteiger partial charge in [-0.15, -0.1) is 0 Å². The molecule has 0 radical (unpaired) electrons. The van der Waals surface area contributed by atoms with E-state index in [1.165, 1.54) is 5.56 Å². The van der Waals surface area contributed by atoms with Gasteiger partial charge in [-0.25, -0.2) is 0 Å². The molecule has 0 atom stereocenters. The van der Waals surface area contributed by atoms with Crippen LogP contribution >= 0.6 is 0 Å². The molecule has 0 amide bonds. The molecule has 0 heterocycles. The molecule has 0 aliphatic heterocycles. The summed E-state index contributed by atoms with van der Waals surface area (Å²) in [6, 6.07) is 8.00. The fourth-order valence-electron chi connectivity index (χ4n) is 1.33. The number of aldehydes is 1. The molecule has 0 aliphatic carbocycles. The van der Waals surface area contributed by atoms with Crippen LogP contribution in [0.15, 0.2) is 35.9 Å². The van der Waals surface area contributed by atoms with Crippen LogP contribution in [-0.4, -0.2) is 13.4 Å². The van der Waals surface area contributed by atoms with E-state index >= 15 is 0 Å². The summed E-state index contributed by atoms with van der Waals surface area (Å²) in [7, 11) is 1.66. The smallest absolute Gasteiger partial charge is 0.142 e. The van der Waals surface area contributed by atoms with Crippen LogP contribution in [0.3, 0.4) is 0 Å². The summed E-state index contributed by atoms with van der Waals surface area (Å²) in [5.74, 6) is 0.874. The Hall–Kier alpha value is -1.57. The lowest BCUT2D eigenvalue weighted by atomic mass is 10.1. The fraction of sp³-hybridized carbons (Fsp3) is 0.308. The second kappa shape index (κ2) is 6.02. The minimum absolute atomic E-state index is 0.837. The molecule has 2 heteroatoms. The number of rotatable bonds is 5. The van der Waals surface area contributed by atoms with Crippen LogP contribution in [-0.2, 0) is 11.2 Å². The molecule has 0 spiro atoms. The SMILES string of the molecule is COc1ccc(CC/C(C)=C/C=O)cc1. The summed E-state index contributed by atoms with van der Waals surface area (Å²) in [4.78, 5) is 10.2. The van der Waals surface area contributed by atoms with Crippen LogP contribution in [0.5, 0.6) is 5.75 Å². The quantitative estimate of drug-likeness (QED) is 0.544. The molecule has 1 rings (SSSR count). The van der Waals surface area contributed by atoms with Crippen molar-refractivity contribution in [2.24, 2.45) is 0 Å². The number of aryl methyl sites for hydroxylation is 1. The van der Waals surface area contributed by atoms with Crippen molar-refractivity contribution < 1.29 is 9.53 Å². The lowest BCUT2D eigenvalue weighted by Crippen LogP contribution is -1.88. The second-order valence-electron chi connectivity index (χ2n) is 3.50. The van der Waals surface area contributed by atoms with Gasteiger partial charge < -0.3 is 4.74 Å². The van der Waals surface area contributed by atoms with E-state index in [1.54, 1.807) is 13.2 Å². The highest BCUT2D eigenvalue weighted by Crippen LogP contribution is 2.14. The number of carbonyl (C=O) groups excluding carboxylic acids is 1. The topological polar surface area (TPSA) is 26.3 Å². The van der Waals surface area contributed by atoms with Gasteiger partial charge in [0.05, 0.1) is 7.11 Å². The zero-order chi connectivity index (χ0) is 11.1. The zero-order valence-electron chi connectivity index (χ0n) is 9.19. The highest BCUT2D eigenvalue weighted by Gasteiger charge is 1.95. The van der Waals surface area contributed by atoms with E-state index in [0.29, 0.717) is 0 Å². The Kier molecular flexibility index (Phi) is 4.61. The van der Waals surface area contributed by atoms with Crippen molar-refractivity contribution in [3.05, 3.63) is 41.5 Å². The van der Waals surface area contributed by atoms with Crippen molar-refractivity contribution in [3.8, 4) is 5.75 Å². The van der Waals surface area contributed by atoms with Crippen molar-refractivity contribution in [1.82, 2.24) is 0 Å². The second-order valence-corrected chi connectivity index (χ2v) is 3.50. The van der Waals surface area contributed by atoms with Crippen molar-refractivity contribution in [3.63, 3.8) is 0 Å². The number of benzene rings is 1. The molecule has 0 fully saturated rings. The van der Waals surface area contributed by atoms with Crippen LogP contribution in [0.2, 0.25) is 0 Å². The largest absolute Gasteiger partial charge is 0.497 e. The molecule has 0 unspecified atom stereocenters. The van der Waals surface area contributed by atoms with E-state index in [2.05, 4.69) is 0 Å². The predicted molar refractivity (Wildman–Crippen MR) is 61.1 cm³/mol. The zero-order valence-corrected chi connectivity index (χ0v) is 9.19. The van der Waals surface area contributed by atoms with E-state index < -0.39 is 0 Å². The molecule has 0 bridgehead atoms. The van der Waals surface area contributed by atoms with Gasteiger partial charge in [0.15, 0.2) is 0 Å². The molecule has 1 aromatic rings. The van der Waals surface area contributed by atoms with E-state index in [4.69, 9.17) is 4.74 Å². The molecule has 15 heavy (non-hydrogen) atoms. The maximum absolute atomic E-state index is 10.2. The third-order valence-electron chi connectivity index (χ3n) is 2.32. The highest BCUT2D eigenvalue weighted by atomic mass is 16.5. The average molecular weight is 204 g/mol. The summed E-state index contributed by atoms with van der Waals surface area (Å²) in [6.07, 6.45) is 4.33. The van der Waals surface area contributed by atoms with Gasteiger partial charge in [-0.3, -0.25) is 4.79 Å². The Balaban J connectivity index is 2.51. The Labute approximate surface area is 90.6 Å². The molecular formula is C13H16O2. The van der Waals surface area contributed by atoms with Crippen molar-refractivity contribution in [2.45, 2.75) is 19.8 Å². The number of ether oxygens (including phenoxy) is 1. The van der Waals surface area contributed by atoms with Crippen LogP contribution in [0, 0.1) is 0 Å². The molecular weight excluding hydrogens is 188 g/mol. The molecule has 0 aromatic heterocycles. The average Bonchev–Trinajstić information content (AvgIpc) is 2.27. The van der Waals surface area contributed by atoms with E-state index in [1.807, 2.05) is 31.2 Å². The van der Waals surface area contributed by atoms with E-state index in [-0.39, 0.29) is 0 Å². The maximum Gasteiger partial charge on any atom is 0.142 e. The van der Waals surface area contributed by atoms with Gasteiger partial charge in [0, 0.05) is 0 Å². The van der Waals surface area contributed by atoms with Crippen molar-refractivity contribution in [2.75, 3.05) is 7.11 Å². The fourth-order valence-corrected chi connectivity index (χ4v) is 1.33. The minimum atomic E-state index is 0.837. The van der Waals surface area contributed by atoms with Crippen LogP contribution < -0.4 is 4.74 Å². The molecule has 0 aliphatic rings. The Morgan fingerprint density at radius 3 is 2.53 bits per heavy atom. The van der Waals surface area contributed by atoms with Crippen molar-refractivity contribution >= 4 is 6.29 Å². The summed E-state index contributed by atoms with van der Waals surface area (Å²) in [5, 5.41) is 0. The molecule has 0 saturated carbocycles. The number of allylic oxidation sites excluding steroid dienone is 2. The lowest BCUT2D eigenvalue weighted by Gasteiger charge is -2.03. The minimum Gasteiger partial charge on any atom is -0.497 e. The Morgan fingerprint density at radius 2 is 2.00 bits per heavy atom. The lowest BCUT2D eigenvalue weighted by molar-refractivity contribution is -0.104. The number of hydrogen-bond donors (Lipinski definition) is 0. The van der Waals surface area contributed by atoms with Crippen LogP contribution in [0.4, 0.5) is 0 Å². The molecule has 1 aromatic carbocycles. The van der Waals surface area contributed by atoms with E-state index in [9.17, 15) is 4.79 Å². The van der Waals surface area contributed by atoms with Gasteiger partial charge in [-0.1, -0.05) is 17.7 Å². The summed E-state index contributed by atoms with van der Waals surface area (Å²) in [5.41, 5.74) is 2.37. The summed E-state index contributed by atoms with van der Waals surface area (Å²) >= 11 is 0. The highest BCUT2D eigenvalue weighted by molar-refractivity contribution is 5.65. The third-order valence-corrected chi connectivity index (χ3v) is 2.32. The van der Waals surface area contributed by atoms with Gasteiger partial charge in [-0.2, -0.15) is 0 Å². The molecule has 2 nitrogen and oxygen atoms in total. The monoisotopic (exact) mass is 204 g/mol. The number of carbonyl (C=O) groups is 1. The standard InChI is InChI=1S/C13H16O2/c1-11(9-10-14)3-4-12-5-7-13(15-2)8-6-12/h5-10H,3-4H2,1-2H3/b11-9+. The predicted octanol–water partition coefficient (Wildman–Crippen LogP) is 2.77. The van der Waals surface area contributed by atoms with Crippen LogP contribution in [0.1, 0.15) is 18.9 Å². The first-order valence-electron chi connectivity index (χ1n) is 5.00. The maximum atomic E-state index is 10.2. The van der Waals surface area contributed by atoms with Gasteiger partial charge in [0.1, 0.15) is 12.0 Å². The first-order valence-corrected chi connectivity index (χ1v) is 5.00. The first-order chi connectivity index (χ1) is 7.26. The summed E-state index contributed by atoms with van der Waals surface area (Å²) in [6.45, 7) is 1.97. The Bertz CT molecular complexity index is 336. The Morgan fingerprint density at radius 1 is 1.33 bits per heavy atom. The van der Waals surface area contributed by atoms with Crippen LogP contribution in [0.25, 0.3) is 0 Å². The summed E-state index contributed by atoms with van der Waals surface area (Å²) < 4.78 is 5.08. The molecule has 0 N–H and O–H groups in total. The van der Waals surface area contributed by atoms with Gasteiger partial charge in [0.2, 0.25) is 0 Å². The molecule has 80 valence electrons.